The predicted molar refractivity (Wildman–Crippen MR) is 143 cm³/mol. The number of methoxy groups -OCH3 is 1. The summed E-state index contributed by atoms with van der Waals surface area (Å²) in [7, 11) is 1.70. The minimum absolute atomic E-state index is 0.00649. The first kappa shape index (κ1) is 27.9. The number of unbranched alkanes of at least 4 members (excludes halogenated alkanes) is 1. The van der Waals surface area contributed by atoms with Gasteiger partial charge in [0.25, 0.3) is 0 Å². The Hall–Kier alpha value is -2.71. The van der Waals surface area contributed by atoms with Gasteiger partial charge in [-0.3, -0.25) is 9.69 Å². The average molecular weight is 497 g/mol. The minimum atomic E-state index is -0.351. The highest BCUT2D eigenvalue weighted by Gasteiger charge is 2.34. The number of aliphatic hydroxyl groups is 2. The lowest BCUT2D eigenvalue weighted by atomic mass is 9.94. The van der Waals surface area contributed by atoms with E-state index in [4.69, 9.17) is 19.7 Å². The summed E-state index contributed by atoms with van der Waals surface area (Å²) in [5, 5.41) is 21.5. The number of nitrogens with zero attached hydrogens (tertiary/aromatic N) is 1. The molecule has 3 N–H and O–H groups in total. The van der Waals surface area contributed by atoms with Gasteiger partial charge in [-0.1, -0.05) is 31.2 Å². The fourth-order valence-corrected chi connectivity index (χ4v) is 4.67. The molecule has 0 saturated carbocycles. The van der Waals surface area contributed by atoms with E-state index >= 15 is 0 Å². The van der Waals surface area contributed by atoms with Crippen molar-refractivity contribution in [1.82, 2.24) is 5.32 Å². The molecule has 7 nitrogen and oxygen atoms in total. The van der Waals surface area contributed by atoms with Crippen LogP contribution in [0.5, 0.6) is 5.75 Å². The van der Waals surface area contributed by atoms with Crippen molar-refractivity contribution in [2.45, 2.75) is 51.7 Å². The molecule has 0 bridgehead atoms. The number of ether oxygens (including phenoxy) is 2. The van der Waals surface area contributed by atoms with Crippen molar-refractivity contribution in [1.29, 1.82) is 0 Å². The van der Waals surface area contributed by atoms with Crippen molar-refractivity contribution in [3.05, 3.63) is 65.7 Å². The number of hydrogen-bond acceptors (Lipinski definition) is 6. The SMILES string of the molecule is CCOc1ccc2c(c1)CC(NCCCCO)C(=O)N2c1ccc([C@H](OC)[C@@H](C)/C=C/CCO)cc1. The molecule has 196 valence electrons. The minimum Gasteiger partial charge on any atom is -0.494 e. The lowest BCUT2D eigenvalue weighted by molar-refractivity contribution is -0.120. The number of anilines is 2. The molecule has 1 heterocycles. The van der Waals surface area contributed by atoms with Crippen LogP contribution in [0.15, 0.2) is 54.6 Å². The molecule has 1 aliphatic rings. The number of benzene rings is 2. The normalized spacial score (nSPS) is 17.3. The Balaban J connectivity index is 1.88. The molecule has 3 rings (SSSR count). The first-order chi connectivity index (χ1) is 17.5. The zero-order valence-electron chi connectivity index (χ0n) is 21.7. The Morgan fingerprint density at radius 3 is 2.58 bits per heavy atom. The Morgan fingerprint density at radius 1 is 1.14 bits per heavy atom. The monoisotopic (exact) mass is 496 g/mol. The van der Waals surface area contributed by atoms with Crippen LogP contribution in [0.2, 0.25) is 0 Å². The number of amides is 1. The van der Waals surface area contributed by atoms with Crippen molar-refractivity contribution in [2.24, 2.45) is 5.92 Å². The van der Waals surface area contributed by atoms with Gasteiger partial charge in [-0.2, -0.15) is 0 Å². The van der Waals surface area contributed by atoms with Crippen molar-refractivity contribution >= 4 is 17.3 Å². The van der Waals surface area contributed by atoms with Gasteiger partial charge in [-0.25, -0.2) is 0 Å². The van der Waals surface area contributed by atoms with E-state index in [-0.39, 0.29) is 37.2 Å². The molecule has 1 amide bonds. The van der Waals surface area contributed by atoms with Gasteiger partial charge in [0.15, 0.2) is 0 Å². The second-order valence-electron chi connectivity index (χ2n) is 9.09. The van der Waals surface area contributed by atoms with Crippen LogP contribution in [-0.4, -0.2) is 55.6 Å². The van der Waals surface area contributed by atoms with Crippen LogP contribution in [0.3, 0.4) is 0 Å². The zero-order chi connectivity index (χ0) is 25.9. The van der Waals surface area contributed by atoms with Gasteiger partial charge in [0.05, 0.1) is 24.4 Å². The molecule has 0 spiro atoms. The van der Waals surface area contributed by atoms with Crippen LogP contribution in [-0.2, 0) is 16.0 Å². The van der Waals surface area contributed by atoms with E-state index in [9.17, 15) is 4.79 Å². The summed E-state index contributed by atoms with van der Waals surface area (Å²) in [5.41, 5.74) is 3.75. The number of fused-ring (bicyclic) bond motifs is 1. The third-order valence-electron chi connectivity index (χ3n) is 6.47. The predicted octanol–water partition coefficient (Wildman–Crippen LogP) is 4.30. The molecule has 7 heteroatoms. The molecule has 0 radical (unpaired) electrons. The van der Waals surface area contributed by atoms with Crippen molar-refractivity contribution in [3.63, 3.8) is 0 Å². The second kappa shape index (κ2) is 14.1. The summed E-state index contributed by atoms with van der Waals surface area (Å²) < 4.78 is 11.5. The van der Waals surface area contributed by atoms with Gasteiger partial charge >= 0.3 is 0 Å². The maximum atomic E-state index is 13.6. The fourth-order valence-electron chi connectivity index (χ4n) is 4.67. The summed E-state index contributed by atoms with van der Waals surface area (Å²) >= 11 is 0. The standard InChI is InChI=1S/C29H40N2O5/c1-4-36-25-14-15-27-23(19-25)20-26(30-16-6-8-18-33)29(34)31(27)24-12-10-22(11-13-24)28(35-3)21(2)9-5-7-17-32/h5,9-15,19,21,26,28,30,32-33H,4,6-8,16-18,20H2,1-3H3/b9-5+/t21-,26?,28+/m0/s1. The van der Waals surface area contributed by atoms with E-state index in [0.717, 1.165) is 34.7 Å². The number of rotatable bonds is 14. The van der Waals surface area contributed by atoms with Crippen molar-refractivity contribution in [3.8, 4) is 5.75 Å². The van der Waals surface area contributed by atoms with Gasteiger partial charge in [0, 0.05) is 31.9 Å². The maximum absolute atomic E-state index is 13.6. The summed E-state index contributed by atoms with van der Waals surface area (Å²) in [6.45, 7) is 5.58. The molecule has 0 aliphatic carbocycles. The Morgan fingerprint density at radius 2 is 1.92 bits per heavy atom. The highest BCUT2D eigenvalue weighted by atomic mass is 16.5. The number of hydrogen-bond donors (Lipinski definition) is 3. The number of carbonyl (C=O) groups excluding carboxylic acids is 1. The second-order valence-corrected chi connectivity index (χ2v) is 9.09. The van der Waals surface area contributed by atoms with E-state index < -0.39 is 0 Å². The molecule has 0 fully saturated rings. The lowest BCUT2D eigenvalue weighted by Crippen LogP contribution is -2.49. The molecule has 0 saturated heterocycles. The van der Waals surface area contributed by atoms with Crippen LogP contribution in [0.4, 0.5) is 11.4 Å². The molecular formula is C29H40N2O5. The third kappa shape index (κ3) is 6.95. The van der Waals surface area contributed by atoms with E-state index in [2.05, 4.69) is 18.3 Å². The van der Waals surface area contributed by atoms with E-state index in [1.54, 1.807) is 12.0 Å². The average Bonchev–Trinajstić information content (AvgIpc) is 2.88. The molecule has 1 aliphatic heterocycles. The van der Waals surface area contributed by atoms with Gasteiger partial charge in [-0.15, -0.1) is 0 Å². The molecule has 2 aromatic carbocycles. The fraction of sp³-hybridized carbons (Fsp3) is 0.483. The van der Waals surface area contributed by atoms with Crippen LogP contribution >= 0.6 is 0 Å². The molecular weight excluding hydrogens is 456 g/mol. The highest BCUT2D eigenvalue weighted by Crippen LogP contribution is 2.37. The van der Waals surface area contributed by atoms with Crippen LogP contribution in [0, 0.1) is 5.92 Å². The van der Waals surface area contributed by atoms with E-state index in [1.165, 1.54) is 0 Å². The molecule has 36 heavy (non-hydrogen) atoms. The molecule has 2 aromatic rings. The zero-order valence-corrected chi connectivity index (χ0v) is 21.7. The summed E-state index contributed by atoms with van der Waals surface area (Å²) in [5.74, 6) is 0.937. The van der Waals surface area contributed by atoms with E-state index in [0.29, 0.717) is 32.4 Å². The van der Waals surface area contributed by atoms with Gasteiger partial charge in [0.1, 0.15) is 5.75 Å². The number of carbonyl (C=O) groups is 1. The van der Waals surface area contributed by atoms with E-state index in [1.807, 2.05) is 55.5 Å². The summed E-state index contributed by atoms with van der Waals surface area (Å²) in [4.78, 5) is 15.4. The Labute approximate surface area is 214 Å². The van der Waals surface area contributed by atoms with Gasteiger partial charge in [-0.05, 0) is 80.6 Å². The van der Waals surface area contributed by atoms with Gasteiger partial charge in [0.2, 0.25) is 5.91 Å². The maximum Gasteiger partial charge on any atom is 0.249 e. The lowest BCUT2D eigenvalue weighted by Gasteiger charge is -2.35. The van der Waals surface area contributed by atoms with Crippen LogP contribution < -0.4 is 15.0 Å². The molecule has 0 aromatic heterocycles. The quantitative estimate of drug-likeness (QED) is 0.267. The van der Waals surface area contributed by atoms with Gasteiger partial charge < -0.3 is 25.0 Å². The summed E-state index contributed by atoms with van der Waals surface area (Å²) in [6, 6.07) is 13.5. The Kier molecular flexibility index (Phi) is 10.9. The third-order valence-corrected chi connectivity index (χ3v) is 6.47. The topological polar surface area (TPSA) is 91.3 Å². The van der Waals surface area contributed by atoms with Crippen LogP contribution in [0.1, 0.15) is 50.3 Å². The highest BCUT2D eigenvalue weighted by molar-refractivity contribution is 6.06. The number of aliphatic hydroxyl groups excluding tert-OH is 2. The molecule has 3 atom stereocenters. The first-order valence-corrected chi connectivity index (χ1v) is 12.9. The first-order valence-electron chi connectivity index (χ1n) is 12.9. The Bertz CT molecular complexity index is 992. The van der Waals surface area contributed by atoms with Crippen molar-refractivity contribution in [2.75, 3.05) is 38.4 Å². The van der Waals surface area contributed by atoms with Crippen LogP contribution in [0.25, 0.3) is 0 Å². The summed E-state index contributed by atoms with van der Waals surface area (Å²) in [6.07, 6.45) is 6.63. The number of nitrogens with one attached hydrogen (secondary N) is 1. The smallest absolute Gasteiger partial charge is 0.249 e. The van der Waals surface area contributed by atoms with Crippen molar-refractivity contribution < 1.29 is 24.5 Å². The largest absolute Gasteiger partial charge is 0.494 e. The molecule has 1 unspecified atom stereocenters.